The van der Waals surface area contributed by atoms with Crippen LogP contribution in [-0.2, 0) is 19.9 Å². The number of quaternary nitrogens is 1. The molecule has 0 spiro atoms. The van der Waals surface area contributed by atoms with Crippen molar-refractivity contribution in [2.75, 3.05) is 34.3 Å². The van der Waals surface area contributed by atoms with Crippen LogP contribution >= 0.6 is 0 Å². The zero-order valence-corrected chi connectivity index (χ0v) is 6.64. The van der Waals surface area contributed by atoms with Gasteiger partial charge in [-0.15, -0.1) is 0 Å². The molecule has 0 radical (unpaired) electrons. The van der Waals surface area contributed by atoms with Gasteiger partial charge in [0.25, 0.3) is 0 Å². The van der Waals surface area contributed by atoms with E-state index in [-0.39, 0.29) is 0 Å². The predicted octanol–water partition coefficient (Wildman–Crippen LogP) is 0.171. The van der Waals surface area contributed by atoms with Gasteiger partial charge >= 0.3 is 58.7 Å². The molecule has 0 fully saturated rings. The minimum atomic E-state index is 0.712. The van der Waals surface area contributed by atoms with E-state index in [4.69, 9.17) is 0 Å². The Kier molecular flexibility index (Phi) is 3.64. The standard InChI is InChI=1S/C5H13NO.Co/c1-6(2,3)4-5-7;/h4-5H2,1-3H3;/q;+1. The van der Waals surface area contributed by atoms with E-state index in [1.54, 1.807) is 0 Å². The van der Waals surface area contributed by atoms with Crippen molar-refractivity contribution >= 4 is 0 Å². The summed E-state index contributed by atoms with van der Waals surface area (Å²) in [5, 5.41) is 0. The average molecular weight is 162 g/mol. The molecule has 0 aromatic heterocycles. The third-order valence-electron chi connectivity index (χ3n) is 0.830. The monoisotopic (exact) mass is 162 g/mol. The summed E-state index contributed by atoms with van der Waals surface area (Å²) in [6.45, 7) is 1.71. The molecule has 0 amide bonds. The molecule has 0 saturated heterocycles. The van der Waals surface area contributed by atoms with E-state index in [2.05, 4.69) is 41.1 Å². The first-order chi connectivity index (χ1) is 3.56. The molecule has 0 aliphatic heterocycles. The van der Waals surface area contributed by atoms with E-state index >= 15 is 0 Å². The summed E-state index contributed by atoms with van der Waals surface area (Å²) in [5.41, 5.74) is 0. The first-order valence-corrected chi connectivity index (χ1v) is 3.01. The Balaban J connectivity index is 3.11. The molecular formula is C5H13CoNO+. The quantitative estimate of drug-likeness (QED) is 0.537. The summed E-state index contributed by atoms with van der Waals surface area (Å²) >= 11 is 3.67. The number of nitrogens with zero attached hydrogens (tertiary/aromatic N) is 1. The van der Waals surface area contributed by atoms with E-state index in [1.165, 1.54) is 0 Å². The summed E-state index contributed by atoms with van der Waals surface area (Å²) in [5.74, 6) is 0. The van der Waals surface area contributed by atoms with Crippen LogP contribution in [0.3, 0.4) is 0 Å². The second-order valence-electron chi connectivity index (χ2n) is 2.81. The van der Waals surface area contributed by atoms with Gasteiger partial charge in [-0.2, -0.15) is 0 Å². The Hall–Kier alpha value is 0.426. The molecule has 0 aliphatic rings. The molecule has 0 unspecified atom stereocenters. The molecule has 0 atom stereocenters. The summed E-state index contributed by atoms with van der Waals surface area (Å²) in [7, 11) is 6.35. The van der Waals surface area contributed by atoms with Gasteiger partial charge in [-0.1, -0.05) is 0 Å². The Morgan fingerprint density at radius 1 is 1.38 bits per heavy atom. The van der Waals surface area contributed by atoms with E-state index < -0.39 is 0 Å². The van der Waals surface area contributed by atoms with Crippen molar-refractivity contribution in [1.29, 1.82) is 0 Å². The van der Waals surface area contributed by atoms with E-state index in [0.717, 1.165) is 11.0 Å². The van der Waals surface area contributed by atoms with Gasteiger partial charge in [-0.25, -0.2) is 0 Å². The number of likely N-dealkylation sites (N-methyl/N-ethyl adjacent to an activating group) is 1. The van der Waals surface area contributed by atoms with Crippen LogP contribution in [-0.4, -0.2) is 38.8 Å². The van der Waals surface area contributed by atoms with Gasteiger partial charge in [0.15, 0.2) is 0 Å². The number of hydrogen-bond acceptors (Lipinski definition) is 1. The molecule has 0 bridgehead atoms. The summed E-state index contributed by atoms with van der Waals surface area (Å²) in [4.78, 5) is 0. The van der Waals surface area contributed by atoms with E-state index in [1.807, 2.05) is 0 Å². The number of hydrogen-bond donors (Lipinski definition) is 0. The van der Waals surface area contributed by atoms with Crippen LogP contribution in [0.5, 0.6) is 0 Å². The Morgan fingerprint density at radius 2 is 1.88 bits per heavy atom. The van der Waals surface area contributed by atoms with Crippen LogP contribution in [0.2, 0.25) is 0 Å². The van der Waals surface area contributed by atoms with E-state index in [9.17, 15) is 0 Å². The molecule has 0 saturated carbocycles. The molecular weight excluding hydrogens is 149 g/mol. The van der Waals surface area contributed by atoms with Crippen molar-refractivity contribution in [3.05, 3.63) is 0 Å². The Bertz CT molecular complexity index is 59.9. The van der Waals surface area contributed by atoms with Gasteiger partial charge in [-0.3, -0.25) is 0 Å². The first kappa shape index (κ1) is 8.43. The predicted molar refractivity (Wildman–Crippen MR) is 28.9 cm³/mol. The fraction of sp³-hybridized carbons (Fsp3) is 1.00. The maximum absolute atomic E-state index is 4.59. The zero-order chi connectivity index (χ0) is 6.62. The second kappa shape index (κ2) is 3.45. The summed E-state index contributed by atoms with van der Waals surface area (Å²) in [6.07, 6.45) is 0. The SMILES string of the molecule is C[N+](C)(C)CC[O][Co]. The van der Waals surface area contributed by atoms with Crippen molar-refractivity contribution in [2.45, 2.75) is 0 Å². The fourth-order valence-electron chi connectivity index (χ4n) is 0.304. The Labute approximate surface area is 59.3 Å². The van der Waals surface area contributed by atoms with Gasteiger partial charge in [0.2, 0.25) is 0 Å². The van der Waals surface area contributed by atoms with Gasteiger partial charge in [0.05, 0.1) is 0 Å². The van der Waals surface area contributed by atoms with Crippen LogP contribution in [0.4, 0.5) is 0 Å². The van der Waals surface area contributed by atoms with Crippen LogP contribution in [0.25, 0.3) is 0 Å². The normalized spacial score (nSPS) is 12.1. The molecule has 0 aromatic rings. The van der Waals surface area contributed by atoms with Crippen LogP contribution in [0, 0.1) is 0 Å². The maximum atomic E-state index is 4.59. The zero-order valence-electron chi connectivity index (χ0n) is 5.60. The van der Waals surface area contributed by atoms with Crippen molar-refractivity contribution in [3.63, 3.8) is 0 Å². The number of rotatable bonds is 3. The second-order valence-corrected chi connectivity index (χ2v) is 3.11. The first-order valence-electron chi connectivity index (χ1n) is 2.58. The molecule has 2 nitrogen and oxygen atoms in total. The topological polar surface area (TPSA) is 9.23 Å². The molecule has 52 valence electrons. The molecule has 0 rings (SSSR count). The van der Waals surface area contributed by atoms with Crippen molar-refractivity contribution < 1.29 is 24.4 Å². The van der Waals surface area contributed by atoms with Gasteiger partial charge in [0.1, 0.15) is 0 Å². The van der Waals surface area contributed by atoms with Crippen molar-refractivity contribution in [3.8, 4) is 0 Å². The molecule has 0 aliphatic carbocycles. The molecule has 8 heavy (non-hydrogen) atoms. The van der Waals surface area contributed by atoms with Gasteiger partial charge in [-0.05, 0) is 0 Å². The van der Waals surface area contributed by atoms with Gasteiger partial charge in [0, 0.05) is 0 Å². The average Bonchev–Trinajstić information content (AvgIpc) is 1.59. The van der Waals surface area contributed by atoms with Crippen LogP contribution in [0.15, 0.2) is 0 Å². The minimum absolute atomic E-state index is 0.712. The summed E-state index contributed by atoms with van der Waals surface area (Å²) < 4.78 is 5.52. The molecule has 3 heteroatoms. The third kappa shape index (κ3) is 6.43. The summed E-state index contributed by atoms with van der Waals surface area (Å²) in [6, 6.07) is 0. The molecule has 0 N–H and O–H groups in total. The van der Waals surface area contributed by atoms with Crippen molar-refractivity contribution in [1.82, 2.24) is 0 Å². The van der Waals surface area contributed by atoms with Gasteiger partial charge < -0.3 is 0 Å². The Morgan fingerprint density at radius 3 is 2.00 bits per heavy atom. The fourth-order valence-corrected chi connectivity index (χ4v) is 0.399. The van der Waals surface area contributed by atoms with Crippen molar-refractivity contribution in [2.24, 2.45) is 0 Å². The third-order valence-corrected chi connectivity index (χ3v) is 1.04. The van der Waals surface area contributed by atoms with Crippen LogP contribution < -0.4 is 0 Å². The molecule has 0 aromatic carbocycles. The molecule has 0 heterocycles. The van der Waals surface area contributed by atoms with E-state index in [0.29, 0.717) is 6.61 Å². The van der Waals surface area contributed by atoms with Crippen LogP contribution in [0.1, 0.15) is 0 Å².